The van der Waals surface area contributed by atoms with E-state index in [1.165, 1.54) is 30.6 Å². The van der Waals surface area contributed by atoms with Crippen LogP contribution in [-0.2, 0) is 4.74 Å². The molecule has 1 aromatic heterocycles. The number of thiocarbonyl (C=S) groups is 1. The lowest BCUT2D eigenvalue weighted by molar-refractivity contribution is -0.0498. The second-order valence-electron chi connectivity index (χ2n) is 6.53. The predicted octanol–water partition coefficient (Wildman–Crippen LogP) is 6.23. The Hall–Kier alpha value is -3.04. The normalized spacial score (nSPS) is 10.6. The maximum atomic E-state index is 12.6. The van der Waals surface area contributed by atoms with Gasteiger partial charge in [-0.1, -0.05) is 30.3 Å². The minimum Gasteiger partial charge on any atom is -0.465 e. The number of methoxy groups -OCH3 is 1. The van der Waals surface area contributed by atoms with Gasteiger partial charge in [0.1, 0.15) is 16.3 Å². The van der Waals surface area contributed by atoms with E-state index in [2.05, 4.69) is 15.4 Å². The fraction of sp³-hybridized carbons (Fsp3) is 0.182. The summed E-state index contributed by atoms with van der Waals surface area (Å²) in [7, 11) is 1.33. The van der Waals surface area contributed by atoms with Gasteiger partial charge in [-0.3, -0.25) is 0 Å². The zero-order chi connectivity index (χ0) is 22.5. The summed E-state index contributed by atoms with van der Waals surface area (Å²) < 4.78 is 34.2. The Morgan fingerprint density at radius 1 is 1.10 bits per heavy atom. The van der Waals surface area contributed by atoms with Gasteiger partial charge in [0.2, 0.25) is 0 Å². The van der Waals surface area contributed by atoms with Gasteiger partial charge in [0.25, 0.3) is 0 Å². The quantitative estimate of drug-likeness (QED) is 0.335. The third-order valence-corrected chi connectivity index (χ3v) is 5.66. The van der Waals surface area contributed by atoms with Gasteiger partial charge in [-0.05, 0) is 55.4 Å². The molecule has 0 spiro atoms. The molecule has 0 saturated carbocycles. The highest BCUT2D eigenvalue weighted by Gasteiger charge is 2.24. The fourth-order valence-electron chi connectivity index (χ4n) is 3.09. The van der Waals surface area contributed by atoms with E-state index in [1.54, 1.807) is 13.0 Å². The van der Waals surface area contributed by atoms with Gasteiger partial charge in [0.15, 0.2) is 5.11 Å². The summed E-state index contributed by atoms with van der Waals surface area (Å²) in [5, 5.41) is 6.89. The molecule has 2 N–H and O–H groups in total. The van der Waals surface area contributed by atoms with Crippen molar-refractivity contribution in [1.82, 2.24) is 0 Å². The minimum atomic E-state index is -2.89. The summed E-state index contributed by atoms with van der Waals surface area (Å²) in [6, 6.07) is 14.1. The zero-order valence-corrected chi connectivity index (χ0v) is 18.6. The Morgan fingerprint density at radius 2 is 1.81 bits per heavy atom. The molecule has 0 fully saturated rings. The Morgan fingerprint density at radius 3 is 2.42 bits per heavy atom. The fourth-order valence-corrected chi connectivity index (χ4v) is 4.44. The first-order valence-corrected chi connectivity index (χ1v) is 10.4. The van der Waals surface area contributed by atoms with Crippen molar-refractivity contribution >= 4 is 45.3 Å². The summed E-state index contributed by atoms with van der Waals surface area (Å²) in [5.41, 5.74) is 3.37. The lowest BCUT2D eigenvalue weighted by Gasteiger charge is -2.14. The van der Waals surface area contributed by atoms with Crippen LogP contribution in [0.4, 0.5) is 19.5 Å². The number of alkyl halides is 2. The standard InChI is InChI=1S/C22H20F2N2O3S2/c1-12-11-15(29-21(23)24)9-10-16(12)25-22(30)26-19-18(20(27)28-3)17(13(2)31-19)14-7-5-4-6-8-14/h4-11,21H,1-3H3,(H2,25,26,30). The Labute approximate surface area is 188 Å². The van der Waals surface area contributed by atoms with Gasteiger partial charge in [0, 0.05) is 16.1 Å². The van der Waals surface area contributed by atoms with Crippen molar-refractivity contribution in [2.75, 3.05) is 17.7 Å². The van der Waals surface area contributed by atoms with Crippen LogP contribution in [0, 0.1) is 13.8 Å². The van der Waals surface area contributed by atoms with Gasteiger partial charge < -0.3 is 20.1 Å². The van der Waals surface area contributed by atoms with Gasteiger partial charge in [-0.25, -0.2) is 4.79 Å². The first-order valence-electron chi connectivity index (χ1n) is 9.20. The molecule has 31 heavy (non-hydrogen) atoms. The number of thiophene rings is 1. The summed E-state index contributed by atoms with van der Waals surface area (Å²) >= 11 is 6.80. The molecule has 9 heteroatoms. The second-order valence-corrected chi connectivity index (χ2v) is 8.16. The number of esters is 1. The van der Waals surface area contributed by atoms with Crippen molar-refractivity contribution < 1.29 is 23.0 Å². The summed E-state index contributed by atoms with van der Waals surface area (Å²) in [6.45, 7) is 0.775. The predicted molar refractivity (Wildman–Crippen MR) is 123 cm³/mol. The SMILES string of the molecule is COC(=O)c1c(NC(=S)Nc2ccc(OC(F)F)cc2C)sc(C)c1-c1ccccc1. The molecule has 0 aliphatic carbocycles. The third kappa shape index (κ3) is 5.36. The highest BCUT2D eigenvalue weighted by molar-refractivity contribution is 7.80. The van der Waals surface area contributed by atoms with Crippen LogP contribution in [0.5, 0.6) is 5.75 Å². The van der Waals surface area contributed by atoms with Crippen molar-refractivity contribution in [3.8, 4) is 16.9 Å². The van der Waals surface area contributed by atoms with E-state index >= 15 is 0 Å². The number of hydrogen-bond donors (Lipinski definition) is 2. The molecule has 162 valence electrons. The van der Waals surface area contributed by atoms with Crippen LogP contribution >= 0.6 is 23.6 Å². The van der Waals surface area contributed by atoms with Crippen LogP contribution in [0.1, 0.15) is 20.8 Å². The van der Waals surface area contributed by atoms with Crippen LogP contribution in [0.25, 0.3) is 11.1 Å². The molecule has 3 aromatic rings. The number of nitrogens with one attached hydrogen (secondary N) is 2. The Bertz CT molecular complexity index is 1100. The van der Waals surface area contributed by atoms with Gasteiger partial charge >= 0.3 is 12.6 Å². The molecule has 0 unspecified atom stereocenters. The summed E-state index contributed by atoms with van der Waals surface area (Å²) in [4.78, 5) is 13.5. The van der Waals surface area contributed by atoms with Gasteiger partial charge in [-0.15, -0.1) is 11.3 Å². The van der Waals surface area contributed by atoms with Crippen molar-refractivity contribution in [3.05, 3.63) is 64.5 Å². The molecule has 3 rings (SSSR count). The molecule has 0 amide bonds. The van der Waals surface area contributed by atoms with Crippen LogP contribution in [0.15, 0.2) is 48.5 Å². The lowest BCUT2D eigenvalue weighted by Crippen LogP contribution is -2.20. The van der Waals surface area contributed by atoms with E-state index in [-0.39, 0.29) is 10.9 Å². The van der Waals surface area contributed by atoms with Crippen molar-refractivity contribution in [2.24, 2.45) is 0 Å². The van der Waals surface area contributed by atoms with Crippen LogP contribution in [0.3, 0.4) is 0 Å². The molecule has 0 bridgehead atoms. The minimum absolute atomic E-state index is 0.0614. The topological polar surface area (TPSA) is 59.6 Å². The second kappa shape index (κ2) is 9.84. The van der Waals surface area contributed by atoms with Crippen LogP contribution in [-0.4, -0.2) is 24.8 Å². The maximum absolute atomic E-state index is 12.6. The molecule has 2 aromatic carbocycles. The smallest absolute Gasteiger partial charge is 0.387 e. The van der Waals surface area contributed by atoms with E-state index in [4.69, 9.17) is 17.0 Å². The highest BCUT2D eigenvalue weighted by atomic mass is 32.1. The van der Waals surface area contributed by atoms with Crippen LogP contribution < -0.4 is 15.4 Å². The number of anilines is 2. The average Bonchev–Trinajstić information content (AvgIpc) is 3.05. The largest absolute Gasteiger partial charge is 0.465 e. The molecular formula is C22H20F2N2O3S2. The highest BCUT2D eigenvalue weighted by Crippen LogP contribution is 2.40. The number of carbonyl (C=O) groups is 1. The third-order valence-electron chi connectivity index (χ3n) is 4.43. The van der Waals surface area contributed by atoms with E-state index in [0.29, 0.717) is 21.8 Å². The van der Waals surface area contributed by atoms with Crippen molar-refractivity contribution in [3.63, 3.8) is 0 Å². The van der Waals surface area contributed by atoms with Crippen LogP contribution in [0.2, 0.25) is 0 Å². The number of ether oxygens (including phenoxy) is 2. The Balaban J connectivity index is 1.86. The number of carbonyl (C=O) groups excluding carboxylic acids is 1. The average molecular weight is 463 g/mol. The molecule has 0 radical (unpaired) electrons. The molecular weight excluding hydrogens is 442 g/mol. The van der Waals surface area contributed by atoms with Gasteiger partial charge in [-0.2, -0.15) is 8.78 Å². The maximum Gasteiger partial charge on any atom is 0.387 e. The lowest BCUT2D eigenvalue weighted by atomic mass is 10.0. The first kappa shape index (κ1) is 22.6. The van der Waals surface area contributed by atoms with Crippen molar-refractivity contribution in [2.45, 2.75) is 20.5 Å². The Kier molecular flexibility index (Phi) is 7.19. The molecule has 0 saturated heterocycles. The zero-order valence-electron chi connectivity index (χ0n) is 17.0. The number of aryl methyl sites for hydroxylation is 2. The summed E-state index contributed by atoms with van der Waals surface area (Å²) in [6.07, 6.45) is 0. The van der Waals surface area contributed by atoms with E-state index in [9.17, 15) is 13.6 Å². The first-order chi connectivity index (χ1) is 14.8. The van der Waals surface area contributed by atoms with E-state index in [0.717, 1.165) is 16.0 Å². The number of hydrogen-bond acceptors (Lipinski definition) is 5. The molecule has 0 aliphatic heterocycles. The van der Waals surface area contributed by atoms with Gasteiger partial charge in [0.05, 0.1) is 7.11 Å². The molecule has 1 heterocycles. The van der Waals surface area contributed by atoms with E-state index in [1.807, 2.05) is 37.3 Å². The number of rotatable bonds is 6. The number of benzene rings is 2. The molecule has 5 nitrogen and oxygen atoms in total. The molecule has 0 aliphatic rings. The molecule has 0 atom stereocenters. The number of halogens is 2. The monoisotopic (exact) mass is 462 g/mol. The summed E-state index contributed by atoms with van der Waals surface area (Å²) in [5.74, 6) is -0.413. The van der Waals surface area contributed by atoms with E-state index < -0.39 is 12.6 Å². The van der Waals surface area contributed by atoms with Crippen molar-refractivity contribution in [1.29, 1.82) is 0 Å².